The molecule has 3 aromatic rings. The normalized spacial score (nSPS) is 14.2. The van der Waals surface area contributed by atoms with Crippen LogP contribution in [0.5, 0.6) is 0 Å². The summed E-state index contributed by atoms with van der Waals surface area (Å²) in [6.07, 6.45) is 0.894. The van der Waals surface area contributed by atoms with Gasteiger partial charge in [0.15, 0.2) is 0 Å². The van der Waals surface area contributed by atoms with Gasteiger partial charge in [0, 0.05) is 29.9 Å². The molecule has 0 bridgehead atoms. The van der Waals surface area contributed by atoms with Crippen LogP contribution in [0.15, 0.2) is 59.6 Å². The van der Waals surface area contributed by atoms with E-state index >= 15 is 0 Å². The Bertz CT molecular complexity index is 985. The van der Waals surface area contributed by atoms with E-state index in [1.165, 1.54) is 17.3 Å². The minimum atomic E-state index is -0.0221. The molecule has 4 rings (SSSR count). The summed E-state index contributed by atoms with van der Waals surface area (Å²) in [6.45, 7) is 5.45. The first-order chi connectivity index (χ1) is 14.2. The second kappa shape index (κ2) is 9.29. The first-order valence-corrected chi connectivity index (χ1v) is 11.0. The fourth-order valence-electron chi connectivity index (χ4n) is 3.43. The molecular weight excluding hydrogens is 382 g/mol. The number of fused-ring (bicyclic) bond motifs is 1. The van der Waals surface area contributed by atoms with E-state index in [1.807, 2.05) is 42.5 Å². The first kappa shape index (κ1) is 19.7. The molecule has 2 aromatic carbocycles. The largest absolute Gasteiger partial charge is 0.378 e. The number of hydrogen-bond donors (Lipinski definition) is 1. The molecule has 2 heterocycles. The molecule has 1 N–H and O–H groups in total. The lowest BCUT2D eigenvalue weighted by Gasteiger charge is -2.28. The highest BCUT2D eigenvalue weighted by Crippen LogP contribution is 2.26. The third kappa shape index (κ3) is 4.89. The summed E-state index contributed by atoms with van der Waals surface area (Å²) in [6, 6.07) is 18.3. The Labute approximate surface area is 175 Å². The van der Waals surface area contributed by atoms with Gasteiger partial charge in [0.1, 0.15) is 5.03 Å². The van der Waals surface area contributed by atoms with Crippen molar-refractivity contribution >= 4 is 39.9 Å². The number of hydrogen-bond acceptors (Lipinski definition) is 5. The fraction of sp³-hybridized carbons (Fsp3) is 0.304. The van der Waals surface area contributed by atoms with Crippen molar-refractivity contribution in [3.05, 3.63) is 60.2 Å². The average Bonchev–Trinajstić information content (AvgIpc) is 2.78. The van der Waals surface area contributed by atoms with Gasteiger partial charge < -0.3 is 15.0 Å². The predicted octanol–water partition coefficient (Wildman–Crippen LogP) is 4.36. The molecule has 0 unspecified atom stereocenters. The van der Waals surface area contributed by atoms with Gasteiger partial charge in [0.25, 0.3) is 0 Å². The second-order valence-electron chi connectivity index (χ2n) is 6.98. The number of para-hydroxylation sites is 1. The summed E-state index contributed by atoms with van der Waals surface area (Å²) < 4.78 is 5.39. The van der Waals surface area contributed by atoms with E-state index in [0.717, 1.165) is 60.0 Å². The van der Waals surface area contributed by atoms with Crippen LogP contribution >= 0.6 is 11.8 Å². The van der Waals surface area contributed by atoms with Crippen LogP contribution in [0, 0.1) is 0 Å². The molecule has 0 radical (unpaired) electrons. The number of ether oxygens (including phenoxy) is 1. The third-order valence-corrected chi connectivity index (χ3v) is 6.04. The van der Waals surface area contributed by atoms with Crippen molar-refractivity contribution < 1.29 is 9.53 Å². The number of pyridine rings is 1. The number of benzene rings is 2. The van der Waals surface area contributed by atoms with Crippen LogP contribution < -0.4 is 10.2 Å². The molecular formula is C23H25N3O2S. The number of carbonyl (C=O) groups is 1. The number of nitrogens with zero attached hydrogens (tertiary/aromatic N) is 2. The number of amides is 1. The predicted molar refractivity (Wildman–Crippen MR) is 120 cm³/mol. The zero-order valence-corrected chi connectivity index (χ0v) is 17.4. The number of aromatic nitrogens is 1. The topological polar surface area (TPSA) is 54.5 Å². The lowest BCUT2D eigenvalue weighted by atomic mass is 10.1. The van der Waals surface area contributed by atoms with Gasteiger partial charge in [-0.3, -0.25) is 4.79 Å². The van der Waals surface area contributed by atoms with Crippen molar-refractivity contribution in [2.45, 2.75) is 18.4 Å². The van der Waals surface area contributed by atoms with Crippen LogP contribution in [-0.2, 0) is 16.0 Å². The summed E-state index contributed by atoms with van der Waals surface area (Å²) >= 11 is 1.49. The van der Waals surface area contributed by atoms with E-state index in [0.29, 0.717) is 5.75 Å². The van der Waals surface area contributed by atoms with Gasteiger partial charge in [-0.15, -0.1) is 0 Å². The maximum atomic E-state index is 12.4. The molecule has 1 aromatic heterocycles. The number of nitrogens with one attached hydrogen (secondary N) is 1. The zero-order chi connectivity index (χ0) is 20.1. The second-order valence-corrected chi connectivity index (χ2v) is 7.95. The van der Waals surface area contributed by atoms with Gasteiger partial charge in [0.2, 0.25) is 5.91 Å². The van der Waals surface area contributed by atoms with Crippen LogP contribution in [0.4, 0.5) is 11.4 Å². The van der Waals surface area contributed by atoms with Crippen LogP contribution in [0.2, 0.25) is 0 Å². The first-order valence-electron chi connectivity index (χ1n) is 9.97. The highest BCUT2D eigenvalue weighted by Gasteiger charge is 2.12. The summed E-state index contributed by atoms with van der Waals surface area (Å²) in [7, 11) is 0. The van der Waals surface area contributed by atoms with Gasteiger partial charge in [0.05, 0.1) is 24.5 Å². The van der Waals surface area contributed by atoms with E-state index in [4.69, 9.17) is 9.72 Å². The number of rotatable bonds is 6. The fourth-order valence-corrected chi connectivity index (χ4v) is 4.32. The standard InChI is InChI=1S/C23H25N3O2S/c1-2-17-15-18-5-3-4-6-21(18)25-23(17)29-16-22(27)24-19-7-9-20(10-8-19)26-11-13-28-14-12-26/h3-10,15H,2,11-14,16H2,1H3,(H,24,27). The van der Waals surface area contributed by atoms with E-state index in [-0.39, 0.29) is 5.91 Å². The van der Waals surface area contributed by atoms with E-state index in [2.05, 4.69) is 29.3 Å². The van der Waals surface area contributed by atoms with Crippen molar-refractivity contribution in [3.8, 4) is 0 Å². The average molecular weight is 408 g/mol. The van der Waals surface area contributed by atoms with Crippen molar-refractivity contribution in [1.82, 2.24) is 4.98 Å². The summed E-state index contributed by atoms with van der Waals surface area (Å²) in [5.41, 5.74) is 4.12. The van der Waals surface area contributed by atoms with Gasteiger partial charge >= 0.3 is 0 Å². The zero-order valence-electron chi connectivity index (χ0n) is 16.6. The number of aryl methyl sites for hydroxylation is 1. The van der Waals surface area contributed by atoms with Crippen LogP contribution in [0.1, 0.15) is 12.5 Å². The minimum absolute atomic E-state index is 0.0221. The molecule has 6 heteroatoms. The van der Waals surface area contributed by atoms with Gasteiger partial charge in [-0.05, 0) is 48.4 Å². The van der Waals surface area contributed by atoms with Crippen LogP contribution in [-0.4, -0.2) is 42.9 Å². The SMILES string of the molecule is CCc1cc2ccccc2nc1SCC(=O)Nc1ccc(N2CCOCC2)cc1. The number of carbonyl (C=O) groups excluding carboxylic acids is 1. The molecule has 0 atom stereocenters. The van der Waals surface area contributed by atoms with Crippen molar-refractivity contribution in [3.63, 3.8) is 0 Å². The summed E-state index contributed by atoms with van der Waals surface area (Å²) in [5.74, 6) is 0.315. The van der Waals surface area contributed by atoms with E-state index in [1.54, 1.807) is 0 Å². The Morgan fingerprint density at radius 2 is 1.90 bits per heavy atom. The Morgan fingerprint density at radius 3 is 2.66 bits per heavy atom. The Balaban J connectivity index is 1.37. The van der Waals surface area contributed by atoms with Crippen molar-refractivity contribution in [2.24, 2.45) is 0 Å². The maximum absolute atomic E-state index is 12.4. The van der Waals surface area contributed by atoms with E-state index in [9.17, 15) is 4.79 Å². The van der Waals surface area contributed by atoms with Crippen molar-refractivity contribution in [2.75, 3.05) is 42.3 Å². The molecule has 29 heavy (non-hydrogen) atoms. The molecule has 1 fully saturated rings. The lowest BCUT2D eigenvalue weighted by molar-refractivity contribution is -0.113. The highest BCUT2D eigenvalue weighted by atomic mass is 32.2. The van der Waals surface area contributed by atoms with Crippen molar-refractivity contribution in [1.29, 1.82) is 0 Å². The molecule has 150 valence electrons. The van der Waals surface area contributed by atoms with Gasteiger partial charge in [-0.25, -0.2) is 4.98 Å². The summed E-state index contributed by atoms with van der Waals surface area (Å²) in [4.78, 5) is 19.5. The lowest BCUT2D eigenvalue weighted by Crippen LogP contribution is -2.36. The Hall–Kier alpha value is -2.57. The molecule has 1 aliphatic heterocycles. The Kier molecular flexibility index (Phi) is 6.32. The quantitative estimate of drug-likeness (QED) is 0.615. The molecule has 0 saturated carbocycles. The third-order valence-electron chi connectivity index (χ3n) is 5.01. The van der Waals surface area contributed by atoms with Crippen LogP contribution in [0.3, 0.4) is 0 Å². The molecule has 5 nitrogen and oxygen atoms in total. The van der Waals surface area contributed by atoms with Crippen LogP contribution in [0.25, 0.3) is 10.9 Å². The smallest absolute Gasteiger partial charge is 0.234 e. The molecule has 0 spiro atoms. The summed E-state index contributed by atoms with van der Waals surface area (Å²) in [5, 5.41) is 5.06. The van der Waals surface area contributed by atoms with Gasteiger partial charge in [-0.1, -0.05) is 36.9 Å². The van der Waals surface area contributed by atoms with E-state index < -0.39 is 0 Å². The minimum Gasteiger partial charge on any atom is -0.378 e. The molecule has 1 aliphatic rings. The highest BCUT2D eigenvalue weighted by molar-refractivity contribution is 8.00. The monoisotopic (exact) mass is 407 g/mol. The Morgan fingerprint density at radius 1 is 1.14 bits per heavy atom. The number of thioether (sulfide) groups is 1. The number of anilines is 2. The molecule has 0 aliphatic carbocycles. The van der Waals surface area contributed by atoms with Gasteiger partial charge in [-0.2, -0.15) is 0 Å². The number of morpholine rings is 1. The molecule has 1 saturated heterocycles. The molecule has 1 amide bonds. The maximum Gasteiger partial charge on any atom is 0.234 e.